The molecule has 7 nitrogen and oxygen atoms in total. The van der Waals surface area contributed by atoms with Crippen molar-refractivity contribution in [3.8, 4) is 0 Å². The van der Waals surface area contributed by atoms with Gasteiger partial charge in [0.05, 0.1) is 29.2 Å². The lowest BCUT2D eigenvalue weighted by Gasteiger charge is -2.43. The van der Waals surface area contributed by atoms with Crippen molar-refractivity contribution < 1.29 is 19.5 Å². The van der Waals surface area contributed by atoms with Crippen LogP contribution in [-0.2, 0) is 14.4 Å². The van der Waals surface area contributed by atoms with Crippen molar-refractivity contribution in [2.24, 2.45) is 23.7 Å². The van der Waals surface area contributed by atoms with E-state index in [1.54, 1.807) is 45.7 Å². The van der Waals surface area contributed by atoms with E-state index in [1.165, 1.54) is 0 Å². The van der Waals surface area contributed by atoms with E-state index in [0.717, 1.165) is 6.42 Å². The van der Waals surface area contributed by atoms with Crippen LogP contribution in [0.25, 0.3) is 0 Å². The van der Waals surface area contributed by atoms with E-state index in [-0.39, 0.29) is 47.5 Å². The highest BCUT2D eigenvalue weighted by Gasteiger charge is 2.76. The van der Waals surface area contributed by atoms with Gasteiger partial charge in [0.1, 0.15) is 6.04 Å². The van der Waals surface area contributed by atoms with E-state index in [0.29, 0.717) is 19.5 Å². The lowest BCUT2D eigenvalue weighted by molar-refractivity contribution is -0.147. The van der Waals surface area contributed by atoms with Crippen LogP contribution < -0.4 is 0 Å². The number of likely N-dealkylation sites (N-methyl/N-ethyl adjacent to an activating group) is 1. The van der Waals surface area contributed by atoms with Gasteiger partial charge in [0.15, 0.2) is 0 Å². The predicted octanol–water partition coefficient (Wildman–Crippen LogP) is 2.80. The number of nitrogens with zero attached hydrogens (tertiary/aromatic N) is 3. The van der Waals surface area contributed by atoms with Crippen LogP contribution in [0.1, 0.15) is 47.5 Å². The maximum atomic E-state index is 14.3. The van der Waals surface area contributed by atoms with Gasteiger partial charge in [0.25, 0.3) is 0 Å². The molecule has 3 heterocycles. The Morgan fingerprint density at radius 1 is 1.20 bits per heavy atom. The zero-order valence-electron chi connectivity index (χ0n) is 22.1. The van der Waals surface area contributed by atoms with Crippen molar-refractivity contribution in [3.05, 3.63) is 25.3 Å². The Bertz CT molecular complexity index is 861. The first-order valence-corrected chi connectivity index (χ1v) is 13.7. The van der Waals surface area contributed by atoms with Gasteiger partial charge in [-0.1, -0.05) is 32.9 Å². The molecule has 8 heteroatoms. The molecule has 0 aromatic heterocycles. The average molecular weight is 506 g/mol. The third-order valence-electron chi connectivity index (χ3n) is 8.06. The van der Waals surface area contributed by atoms with Gasteiger partial charge in [0.2, 0.25) is 17.7 Å². The summed E-state index contributed by atoms with van der Waals surface area (Å²) in [5.74, 6) is -1.04. The number of hydrogen-bond donors (Lipinski definition) is 1. The number of carbonyl (C=O) groups is 3. The molecule has 0 saturated carbocycles. The first kappa shape index (κ1) is 27.8. The Labute approximate surface area is 215 Å². The highest BCUT2D eigenvalue weighted by molar-refractivity contribution is 8.02. The Hall–Kier alpha value is -1.80. The molecule has 2 bridgehead atoms. The number of aliphatic hydroxyl groups excluding tert-OH is 1. The fraction of sp³-hybridized carbons (Fsp3) is 0.741. The van der Waals surface area contributed by atoms with E-state index in [4.69, 9.17) is 0 Å². The number of fused-ring (bicyclic) bond motifs is 1. The summed E-state index contributed by atoms with van der Waals surface area (Å²) in [5, 5.41) is 10.4. The summed E-state index contributed by atoms with van der Waals surface area (Å²) in [5.41, 5.74) is 0. The van der Waals surface area contributed by atoms with E-state index in [1.807, 2.05) is 13.8 Å². The van der Waals surface area contributed by atoms with Crippen LogP contribution in [0.2, 0.25) is 0 Å². The van der Waals surface area contributed by atoms with Crippen LogP contribution in [-0.4, -0.2) is 92.4 Å². The summed E-state index contributed by atoms with van der Waals surface area (Å²) < 4.78 is -0.688. The molecular weight excluding hydrogens is 462 g/mol. The van der Waals surface area contributed by atoms with E-state index in [2.05, 4.69) is 33.9 Å². The van der Waals surface area contributed by atoms with Crippen LogP contribution >= 0.6 is 11.8 Å². The Morgan fingerprint density at radius 2 is 1.83 bits per heavy atom. The largest absolute Gasteiger partial charge is 0.394 e. The zero-order chi connectivity index (χ0) is 26.2. The summed E-state index contributed by atoms with van der Waals surface area (Å²) in [4.78, 5) is 47.3. The molecule has 3 amide bonds. The van der Waals surface area contributed by atoms with Crippen LogP contribution in [0.5, 0.6) is 0 Å². The van der Waals surface area contributed by atoms with Crippen LogP contribution in [0.3, 0.4) is 0 Å². The van der Waals surface area contributed by atoms with E-state index < -0.39 is 28.7 Å². The highest BCUT2D eigenvalue weighted by Crippen LogP contribution is 2.69. The number of thioether (sulfide) groups is 1. The van der Waals surface area contributed by atoms with Crippen molar-refractivity contribution in [2.75, 3.05) is 26.7 Å². The molecule has 3 saturated heterocycles. The first-order chi connectivity index (χ1) is 16.5. The van der Waals surface area contributed by atoms with Crippen molar-refractivity contribution in [1.29, 1.82) is 0 Å². The quantitative estimate of drug-likeness (QED) is 0.437. The van der Waals surface area contributed by atoms with Gasteiger partial charge >= 0.3 is 0 Å². The Balaban J connectivity index is 2.16. The topological polar surface area (TPSA) is 81.2 Å². The van der Waals surface area contributed by atoms with Crippen molar-refractivity contribution in [3.63, 3.8) is 0 Å². The van der Waals surface area contributed by atoms with Gasteiger partial charge in [-0.2, -0.15) is 0 Å². The molecule has 3 fully saturated rings. The second-order valence-electron chi connectivity index (χ2n) is 11.1. The summed E-state index contributed by atoms with van der Waals surface area (Å²) >= 11 is 1.68. The molecule has 3 unspecified atom stereocenters. The van der Waals surface area contributed by atoms with Gasteiger partial charge in [-0.15, -0.1) is 24.9 Å². The SMILES string of the molecule is C=CCN(C)C(=O)[C@@H]1[C@H]2C(=O)N([C@@H](CO)CC(C)C)C(C(=O)N(CC=C)C(C)C)C23S[C@@H]1CC3C. The van der Waals surface area contributed by atoms with Crippen LogP contribution in [0.15, 0.2) is 25.3 Å². The summed E-state index contributed by atoms with van der Waals surface area (Å²) in [7, 11) is 1.75. The second kappa shape index (κ2) is 10.7. The standard InChI is InChI=1S/C27H43N3O4S/c1-9-11-28(8)24(32)21-20-14-18(7)27(35-20)22(21)25(33)30(19(15-31)13-16(3)4)23(27)26(34)29(12-10-2)17(5)6/h9-10,16-23,31H,1-2,11-15H2,3-8H3/t18?,19-,20-,21+,22+,23?,27?/m1/s1. The minimum absolute atomic E-state index is 0.000690. The Morgan fingerprint density at radius 3 is 2.34 bits per heavy atom. The molecule has 35 heavy (non-hydrogen) atoms. The highest BCUT2D eigenvalue weighted by atomic mass is 32.2. The predicted molar refractivity (Wildman–Crippen MR) is 141 cm³/mol. The third kappa shape index (κ3) is 4.45. The molecule has 196 valence electrons. The molecule has 3 rings (SSSR count). The molecule has 3 aliphatic rings. The normalized spacial score (nSPS) is 32.2. The summed E-state index contributed by atoms with van der Waals surface area (Å²) in [6, 6.07) is -1.26. The first-order valence-electron chi connectivity index (χ1n) is 12.9. The molecule has 1 spiro atoms. The molecule has 1 N–H and O–H groups in total. The lowest BCUT2D eigenvalue weighted by atomic mass is 9.65. The number of aliphatic hydroxyl groups is 1. The fourth-order valence-electron chi connectivity index (χ4n) is 6.62. The van der Waals surface area contributed by atoms with Gasteiger partial charge in [-0.3, -0.25) is 14.4 Å². The number of likely N-dealkylation sites (tertiary alicyclic amines) is 1. The fourth-order valence-corrected chi connectivity index (χ4v) is 9.02. The smallest absolute Gasteiger partial charge is 0.247 e. The Kier molecular flexibility index (Phi) is 8.47. The molecule has 3 aliphatic heterocycles. The third-order valence-corrected chi connectivity index (χ3v) is 10.1. The molecule has 0 aliphatic carbocycles. The monoisotopic (exact) mass is 505 g/mol. The number of rotatable bonds is 11. The molecule has 0 radical (unpaired) electrons. The van der Waals surface area contributed by atoms with Gasteiger partial charge in [-0.25, -0.2) is 0 Å². The maximum absolute atomic E-state index is 14.3. The van der Waals surface area contributed by atoms with Crippen molar-refractivity contribution >= 4 is 29.5 Å². The summed E-state index contributed by atoms with van der Waals surface area (Å²) in [6.45, 7) is 18.3. The molecule has 0 aromatic rings. The zero-order valence-corrected chi connectivity index (χ0v) is 23.0. The van der Waals surface area contributed by atoms with Gasteiger partial charge in [0, 0.05) is 31.4 Å². The number of hydrogen-bond acceptors (Lipinski definition) is 5. The van der Waals surface area contributed by atoms with Crippen LogP contribution in [0, 0.1) is 23.7 Å². The van der Waals surface area contributed by atoms with Gasteiger partial charge in [-0.05, 0) is 38.5 Å². The van der Waals surface area contributed by atoms with Crippen molar-refractivity contribution in [1.82, 2.24) is 14.7 Å². The molecular formula is C27H43N3O4S. The van der Waals surface area contributed by atoms with Gasteiger partial charge < -0.3 is 19.8 Å². The number of carbonyl (C=O) groups excluding carboxylic acids is 3. The minimum atomic E-state index is -0.717. The second-order valence-corrected chi connectivity index (χ2v) is 12.7. The number of amides is 3. The summed E-state index contributed by atoms with van der Waals surface area (Å²) in [6.07, 6.45) is 4.79. The molecule has 7 atom stereocenters. The van der Waals surface area contributed by atoms with E-state index in [9.17, 15) is 19.5 Å². The minimum Gasteiger partial charge on any atom is -0.394 e. The van der Waals surface area contributed by atoms with Crippen LogP contribution in [0.4, 0.5) is 0 Å². The van der Waals surface area contributed by atoms with Crippen molar-refractivity contribution in [2.45, 2.75) is 75.6 Å². The lowest BCUT2D eigenvalue weighted by Crippen LogP contribution is -2.60. The molecule has 0 aromatic carbocycles. The average Bonchev–Trinajstić information content (AvgIpc) is 3.38. The maximum Gasteiger partial charge on any atom is 0.247 e. The van der Waals surface area contributed by atoms with E-state index >= 15 is 0 Å².